The molecule has 0 spiro atoms. The standard InChI is InChI=1S/C12H14F2N2/c1-12(2,3)16-7-9-10(13)4-8(6-15)5-11(9)14/h4-5,16H,7H2,1-3H3. The number of rotatable bonds is 2. The Bertz CT molecular complexity index is 405. The van der Waals surface area contributed by atoms with Crippen molar-refractivity contribution in [1.29, 1.82) is 5.26 Å². The van der Waals surface area contributed by atoms with Crippen molar-refractivity contribution in [3.63, 3.8) is 0 Å². The first-order valence-electron chi connectivity index (χ1n) is 4.96. The second-order valence-electron chi connectivity index (χ2n) is 4.63. The van der Waals surface area contributed by atoms with Crippen molar-refractivity contribution in [3.05, 3.63) is 34.9 Å². The number of benzene rings is 1. The Morgan fingerprint density at radius 3 is 2.12 bits per heavy atom. The number of nitrogens with zero attached hydrogens (tertiary/aromatic N) is 1. The van der Waals surface area contributed by atoms with E-state index < -0.39 is 11.6 Å². The minimum atomic E-state index is -0.687. The van der Waals surface area contributed by atoms with Crippen LogP contribution in [-0.4, -0.2) is 5.54 Å². The maximum Gasteiger partial charge on any atom is 0.131 e. The molecule has 0 aliphatic heterocycles. The van der Waals surface area contributed by atoms with Crippen molar-refractivity contribution >= 4 is 0 Å². The number of hydrogen-bond donors (Lipinski definition) is 1. The first-order valence-corrected chi connectivity index (χ1v) is 4.96. The van der Waals surface area contributed by atoms with Crippen LogP contribution in [0.1, 0.15) is 31.9 Å². The van der Waals surface area contributed by atoms with Crippen molar-refractivity contribution in [2.24, 2.45) is 0 Å². The molecule has 1 aromatic carbocycles. The Morgan fingerprint density at radius 2 is 1.75 bits per heavy atom. The van der Waals surface area contributed by atoms with Gasteiger partial charge in [0.25, 0.3) is 0 Å². The second-order valence-corrected chi connectivity index (χ2v) is 4.63. The zero-order chi connectivity index (χ0) is 12.3. The van der Waals surface area contributed by atoms with Gasteiger partial charge in [-0.2, -0.15) is 5.26 Å². The van der Waals surface area contributed by atoms with Gasteiger partial charge in [0.15, 0.2) is 0 Å². The lowest BCUT2D eigenvalue weighted by molar-refractivity contribution is 0.411. The lowest BCUT2D eigenvalue weighted by Gasteiger charge is -2.20. The monoisotopic (exact) mass is 224 g/mol. The number of hydrogen-bond acceptors (Lipinski definition) is 2. The molecule has 0 aromatic heterocycles. The highest BCUT2D eigenvalue weighted by Crippen LogP contribution is 2.16. The van der Waals surface area contributed by atoms with Gasteiger partial charge < -0.3 is 5.32 Å². The summed E-state index contributed by atoms with van der Waals surface area (Å²) >= 11 is 0. The van der Waals surface area contributed by atoms with Crippen molar-refractivity contribution in [1.82, 2.24) is 5.32 Å². The van der Waals surface area contributed by atoms with E-state index in [2.05, 4.69) is 5.32 Å². The van der Waals surface area contributed by atoms with E-state index in [0.29, 0.717) is 0 Å². The molecule has 1 N–H and O–H groups in total. The Kier molecular flexibility index (Phi) is 3.61. The molecule has 0 aliphatic rings. The van der Waals surface area contributed by atoms with E-state index in [0.717, 1.165) is 12.1 Å². The van der Waals surface area contributed by atoms with Crippen LogP contribution in [0.4, 0.5) is 8.78 Å². The van der Waals surface area contributed by atoms with Crippen LogP contribution in [0, 0.1) is 23.0 Å². The zero-order valence-corrected chi connectivity index (χ0v) is 9.56. The molecule has 1 rings (SSSR count). The van der Waals surface area contributed by atoms with Crippen LogP contribution >= 0.6 is 0 Å². The lowest BCUT2D eigenvalue weighted by atomic mass is 10.1. The summed E-state index contributed by atoms with van der Waals surface area (Å²) in [5.41, 5.74) is -0.254. The Hall–Kier alpha value is -1.47. The summed E-state index contributed by atoms with van der Waals surface area (Å²) in [6, 6.07) is 3.80. The van der Waals surface area contributed by atoms with Gasteiger partial charge in [-0.15, -0.1) is 0 Å². The molecule has 4 heteroatoms. The second kappa shape index (κ2) is 4.58. The number of halogens is 2. The SMILES string of the molecule is CC(C)(C)NCc1c(F)cc(C#N)cc1F. The van der Waals surface area contributed by atoms with E-state index in [1.807, 2.05) is 20.8 Å². The quantitative estimate of drug-likeness (QED) is 0.838. The largest absolute Gasteiger partial charge is 0.308 e. The molecular formula is C12H14F2N2. The highest BCUT2D eigenvalue weighted by molar-refractivity contribution is 5.34. The fourth-order valence-electron chi connectivity index (χ4n) is 1.19. The molecule has 0 saturated heterocycles. The highest BCUT2D eigenvalue weighted by Gasteiger charge is 2.14. The molecule has 16 heavy (non-hydrogen) atoms. The van der Waals surface area contributed by atoms with E-state index >= 15 is 0 Å². The van der Waals surface area contributed by atoms with Gasteiger partial charge >= 0.3 is 0 Å². The summed E-state index contributed by atoms with van der Waals surface area (Å²) in [6.07, 6.45) is 0. The smallest absolute Gasteiger partial charge is 0.131 e. The molecule has 1 aromatic rings. The van der Waals surface area contributed by atoms with E-state index in [4.69, 9.17) is 5.26 Å². The predicted octanol–water partition coefficient (Wildman–Crippen LogP) is 2.72. The maximum atomic E-state index is 13.4. The summed E-state index contributed by atoms with van der Waals surface area (Å²) in [6.45, 7) is 5.83. The minimum Gasteiger partial charge on any atom is -0.308 e. The van der Waals surface area contributed by atoms with Crippen molar-refractivity contribution in [2.45, 2.75) is 32.9 Å². The molecule has 0 atom stereocenters. The highest BCUT2D eigenvalue weighted by atomic mass is 19.1. The summed E-state index contributed by atoms with van der Waals surface area (Å²) < 4.78 is 26.9. The van der Waals surface area contributed by atoms with Crippen molar-refractivity contribution in [3.8, 4) is 6.07 Å². The average Bonchev–Trinajstić information content (AvgIpc) is 2.14. The van der Waals surface area contributed by atoms with Crippen molar-refractivity contribution in [2.75, 3.05) is 0 Å². The summed E-state index contributed by atoms with van der Waals surface area (Å²) in [5.74, 6) is -1.37. The van der Waals surface area contributed by atoms with Gasteiger partial charge in [-0.05, 0) is 32.9 Å². The third kappa shape index (κ3) is 3.28. The summed E-state index contributed by atoms with van der Waals surface area (Å²) in [4.78, 5) is 0. The fraction of sp³-hybridized carbons (Fsp3) is 0.417. The van der Waals surface area contributed by atoms with Crippen LogP contribution in [0.15, 0.2) is 12.1 Å². The molecule has 0 bridgehead atoms. The van der Waals surface area contributed by atoms with E-state index in [1.54, 1.807) is 6.07 Å². The summed E-state index contributed by atoms with van der Waals surface area (Å²) in [5, 5.41) is 11.5. The molecule has 0 amide bonds. The number of nitrogens with one attached hydrogen (secondary N) is 1. The van der Waals surface area contributed by atoms with E-state index in [1.165, 1.54) is 0 Å². The molecule has 2 nitrogen and oxygen atoms in total. The molecule has 0 unspecified atom stereocenters. The molecule has 0 radical (unpaired) electrons. The van der Waals surface area contributed by atoms with Gasteiger partial charge in [-0.25, -0.2) is 8.78 Å². The van der Waals surface area contributed by atoms with Gasteiger partial charge in [0.05, 0.1) is 11.6 Å². The molecule has 0 fully saturated rings. The van der Waals surface area contributed by atoms with Gasteiger partial charge in [-0.3, -0.25) is 0 Å². The lowest BCUT2D eigenvalue weighted by Crippen LogP contribution is -2.35. The molecule has 0 aliphatic carbocycles. The van der Waals surface area contributed by atoms with E-state index in [9.17, 15) is 8.78 Å². The topological polar surface area (TPSA) is 35.8 Å². The van der Waals surface area contributed by atoms with Crippen LogP contribution < -0.4 is 5.32 Å². The first-order chi connectivity index (χ1) is 7.33. The molecular weight excluding hydrogens is 210 g/mol. The van der Waals surface area contributed by atoms with Gasteiger partial charge in [0, 0.05) is 17.6 Å². The predicted molar refractivity (Wildman–Crippen MR) is 57.7 cm³/mol. The third-order valence-electron chi connectivity index (χ3n) is 2.07. The number of nitriles is 1. The van der Waals surface area contributed by atoms with Crippen molar-refractivity contribution < 1.29 is 8.78 Å². The van der Waals surface area contributed by atoms with Gasteiger partial charge in [0.2, 0.25) is 0 Å². The van der Waals surface area contributed by atoms with Gasteiger partial charge in [-0.1, -0.05) is 0 Å². The first kappa shape index (κ1) is 12.6. The maximum absolute atomic E-state index is 13.4. The Morgan fingerprint density at radius 1 is 1.25 bits per heavy atom. The minimum absolute atomic E-state index is 0.00508. The van der Waals surface area contributed by atoms with Crippen LogP contribution in [0.2, 0.25) is 0 Å². The molecule has 0 heterocycles. The van der Waals surface area contributed by atoms with Crippen LogP contribution in [0.25, 0.3) is 0 Å². The average molecular weight is 224 g/mol. The Balaban J connectivity index is 2.94. The fourth-order valence-corrected chi connectivity index (χ4v) is 1.19. The third-order valence-corrected chi connectivity index (χ3v) is 2.07. The normalized spacial score (nSPS) is 11.2. The van der Waals surface area contributed by atoms with Crippen LogP contribution in [0.3, 0.4) is 0 Å². The van der Waals surface area contributed by atoms with E-state index in [-0.39, 0.29) is 23.2 Å². The zero-order valence-electron chi connectivity index (χ0n) is 9.56. The Labute approximate surface area is 93.9 Å². The van der Waals surface area contributed by atoms with Crippen LogP contribution in [0.5, 0.6) is 0 Å². The summed E-state index contributed by atoms with van der Waals surface area (Å²) in [7, 11) is 0. The van der Waals surface area contributed by atoms with Gasteiger partial charge in [0.1, 0.15) is 11.6 Å². The molecule has 86 valence electrons. The molecule has 0 saturated carbocycles. The van der Waals surface area contributed by atoms with Crippen LogP contribution in [-0.2, 0) is 6.54 Å².